The summed E-state index contributed by atoms with van der Waals surface area (Å²) in [5.74, 6) is 0. The van der Waals surface area contributed by atoms with Gasteiger partial charge in [-0.15, -0.1) is 0 Å². The topological polar surface area (TPSA) is 172 Å². The molecule has 0 bridgehead atoms. The Morgan fingerprint density at radius 2 is 0.500 bits per heavy atom. The normalized spacial score (nSPS) is 7.38. The Balaban J connectivity index is -0.00000000970. The van der Waals surface area contributed by atoms with E-state index in [4.69, 9.17) is 38.5 Å². The molecule has 0 aliphatic carbocycles. The Bertz CT molecular complexity index is 141. The minimum Gasteiger partial charge on any atom is 2.00 e. The predicted octanol–water partition coefficient (Wildman–Crippen LogP) is -9.54. The second-order valence-electron chi connectivity index (χ2n) is 0.894. The molecule has 16 heteroatoms. The minimum absolute atomic E-state index is 0. The molecule has 0 saturated carbocycles. The van der Waals surface area contributed by atoms with Crippen LogP contribution in [0.1, 0.15) is 0 Å². The van der Waals surface area contributed by atoms with Crippen molar-refractivity contribution in [2.75, 3.05) is 0 Å². The molecule has 0 fully saturated rings. The van der Waals surface area contributed by atoms with Gasteiger partial charge in [-0.2, -0.15) is 15.6 Å². The summed E-state index contributed by atoms with van der Waals surface area (Å²) in [5.41, 5.74) is 0. The van der Waals surface area contributed by atoms with Gasteiger partial charge < -0.3 is 38.5 Å². The molecule has 0 aliphatic heterocycles. The average Bonchev–Trinajstić information content (AvgIpc) is 1.12. The van der Waals surface area contributed by atoms with Crippen molar-refractivity contribution in [2.24, 2.45) is 0 Å². The summed E-state index contributed by atoms with van der Waals surface area (Å²) < 4.78 is 17.1. The molecular formula is H6Ca3O8P2Sr3. The summed E-state index contributed by atoms with van der Waals surface area (Å²) in [6.07, 6.45) is 0. The van der Waals surface area contributed by atoms with Crippen LogP contribution in [0.5, 0.6) is 0 Å². The van der Waals surface area contributed by atoms with Crippen molar-refractivity contribution in [1.82, 2.24) is 0 Å². The van der Waals surface area contributed by atoms with Gasteiger partial charge in [0, 0.05) is 0 Å². The molecule has 0 heterocycles. The van der Waals surface area contributed by atoms with Crippen molar-refractivity contribution < 1.29 is 38.5 Å². The number of hydrogen-bond acceptors (Lipinski definition) is 8. The number of phosphoric acid groups is 2. The van der Waals surface area contributed by atoms with Crippen LogP contribution >= 0.6 is 15.6 Å². The molecule has 0 atom stereocenters. The molecule has 8 nitrogen and oxygen atoms in total. The van der Waals surface area contributed by atoms with E-state index >= 15 is 0 Å². The minimum atomic E-state index is -5.39. The van der Waals surface area contributed by atoms with Gasteiger partial charge in [0.25, 0.3) is 0 Å². The Morgan fingerprint density at radius 1 is 0.500 bits per heavy atom. The second-order valence-corrected chi connectivity index (χ2v) is 2.68. The van der Waals surface area contributed by atoms with Gasteiger partial charge >= 0.3 is 250 Å². The maximum Gasteiger partial charge on any atom is 2.00 e. The average molecular weight is 579 g/mol. The zero-order chi connectivity index (χ0) is 9.00. The van der Waals surface area contributed by atoms with Crippen LogP contribution in [-0.4, -0.2) is 250 Å². The van der Waals surface area contributed by atoms with Crippen LogP contribution in [0.4, 0.5) is 0 Å². The molecule has 0 radical (unpaired) electrons. The van der Waals surface area contributed by atoms with Crippen molar-refractivity contribution >= 4 is 265 Å². The summed E-state index contributed by atoms with van der Waals surface area (Å²) >= 11 is 0. The molecule has 0 aromatic heterocycles. The number of rotatable bonds is 0. The van der Waals surface area contributed by atoms with Gasteiger partial charge in [0.1, 0.15) is 0 Å². The fourth-order valence-electron chi connectivity index (χ4n) is 0. The molecule has 0 rings (SSSR count). The smallest absolute Gasteiger partial charge is 2.00 e. The van der Waals surface area contributed by atoms with Crippen molar-refractivity contribution in [1.29, 1.82) is 0 Å². The molecule has 16 heavy (non-hydrogen) atoms. The Morgan fingerprint density at radius 3 is 0.500 bits per heavy atom. The Labute approximate surface area is 294 Å². The van der Waals surface area contributed by atoms with E-state index in [1.807, 2.05) is 0 Å². The number of hydrogen-bond donors (Lipinski definition) is 0. The summed E-state index contributed by atoms with van der Waals surface area (Å²) in [6.45, 7) is 0. The predicted molar refractivity (Wildman–Crippen MR) is 58.1 cm³/mol. The summed E-state index contributed by atoms with van der Waals surface area (Å²) in [7, 11) is -10.8. The SMILES string of the molecule is O=P([O-])([O-])[O-].O=P([O-])([O-])[O-].[CaH2].[CaH2].[CaH2].[Sr+2].[Sr+2].[Sr+2]. The molecule has 0 amide bonds. The third-order valence-electron chi connectivity index (χ3n) is 0. The fourth-order valence-corrected chi connectivity index (χ4v) is 0. The van der Waals surface area contributed by atoms with Crippen molar-refractivity contribution in [3.63, 3.8) is 0 Å². The van der Waals surface area contributed by atoms with E-state index in [9.17, 15) is 0 Å². The van der Waals surface area contributed by atoms with Gasteiger partial charge in [-0.25, -0.2) is 0 Å². The van der Waals surface area contributed by atoms with Crippen LogP contribution in [0.25, 0.3) is 0 Å². The van der Waals surface area contributed by atoms with Crippen LogP contribution in [-0.2, 0) is 9.13 Å². The van der Waals surface area contributed by atoms with Gasteiger partial charge in [-0.05, 0) is 0 Å². The molecular weight excluding hydrogens is 573 g/mol. The van der Waals surface area contributed by atoms with Gasteiger partial charge in [0.05, 0.1) is 0 Å². The van der Waals surface area contributed by atoms with Crippen molar-refractivity contribution in [2.45, 2.75) is 0 Å². The molecule has 76 valence electrons. The van der Waals surface area contributed by atoms with Crippen LogP contribution in [0.15, 0.2) is 0 Å². The van der Waals surface area contributed by atoms with Gasteiger partial charge in [0.2, 0.25) is 0 Å². The molecule has 0 spiro atoms. The van der Waals surface area contributed by atoms with Crippen LogP contribution in [0.3, 0.4) is 0 Å². The Hall–Kier alpha value is 8.44. The van der Waals surface area contributed by atoms with E-state index < -0.39 is 15.6 Å². The molecule has 0 aliphatic rings. The third-order valence-corrected chi connectivity index (χ3v) is 0. The van der Waals surface area contributed by atoms with E-state index in [2.05, 4.69) is 0 Å². The summed E-state index contributed by atoms with van der Waals surface area (Å²) in [4.78, 5) is 51.3. The molecule has 0 N–H and O–H groups in total. The first-order chi connectivity index (χ1) is 4.00. The van der Waals surface area contributed by atoms with Crippen molar-refractivity contribution in [3.8, 4) is 0 Å². The van der Waals surface area contributed by atoms with E-state index in [0.717, 1.165) is 0 Å². The van der Waals surface area contributed by atoms with Crippen LogP contribution < -0.4 is 29.4 Å². The van der Waals surface area contributed by atoms with Crippen LogP contribution in [0.2, 0.25) is 0 Å². The zero-order valence-electron chi connectivity index (χ0n) is 6.28. The maximum absolute atomic E-state index is 8.55. The first-order valence-corrected chi connectivity index (χ1v) is 4.38. The van der Waals surface area contributed by atoms with E-state index in [-0.39, 0.29) is 250 Å². The zero-order valence-corrected chi connectivity index (χ0v) is 18.5. The quantitative estimate of drug-likeness (QED) is 0.201. The largest absolute Gasteiger partial charge is 2.00 e. The molecule has 0 unspecified atom stereocenters. The van der Waals surface area contributed by atoms with E-state index in [1.54, 1.807) is 0 Å². The first kappa shape index (κ1) is 49.7. The monoisotopic (exact) mass is 580 g/mol. The van der Waals surface area contributed by atoms with Gasteiger partial charge in [0.15, 0.2) is 0 Å². The summed E-state index contributed by atoms with van der Waals surface area (Å²) in [6, 6.07) is 0. The molecule has 0 aromatic carbocycles. The van der Waals surface area contributed by atoms with Gasteiger partial charge in [-0.1, -0.05) is 0 Å². The first-order valence-electron chi connectivity index (χ1n) is 1.46. The molecule has 0 saturated heterocycles. The second kappa shape index (κ2) is 28.3. The van der Waals surface area contributed by atoms with Gasteiger partial charge in [-0.3, -0.25) is 0 Å². The molecule has 0 aromatic rings. The van der Waals surface area contributed by atoms with Crippen molar-refractivity contribution in [3.05, 3.63) is 0 Å². The van der Waals surface area contributed by atoms with Crippen LogP contribution in [0, 0.1) is 0 Å². The Kier molecular flexibility index (Phi) is 87.7. The summed E-state index contributed by atoms with van der Waals surface area (Å²) in [5, 5.41) is 0. The third kappa shape index (κ3) is 145. The van der Waals surface area contributed by atoms with E-state index in [0.29, 0.717) is 0 Å². The standard InChI is InChI=1S/3Ca.2H3O4P.3Sr.6H/c;;;2*1-5(2,3)4;;;;;;;;;/h;;;2*(H3,1,2,3,4);;;;;;;;;/q;;;;;3*+2;;;;;;/p-6. The van der Waals surface area contributed by atoms with E-state index in [1.165, 1.54) is 0 Å². The maximum atomic E-state index is 8.55. The fraction of sp³-hybridized carbons (Fsp3) is 0.